The molecule has 0 fully saturated rings. The van der Waals surface area contributed by atoms with Gasteiger partial charge in [0.25, 0.3) is 0 Å². The Labute approximate surface area is 133 Å². The summed E-state index contributed by atoms with van der Waals surface area (Å²) in [6.45, 7) is 0. The molecule has 23 heavy (non-hydrogen) atoms. The predicted octanol–water partition coefficient (Wildman–Crippen LogP) is 2.48. The first-order valence-corrected chi connectivity index (χ1v) is 6.89. The van der Waals surface area contributed by atoms with Crippen molar-refractivity contribution >= 4 is 29.5 Å². The summed E-state index contributed by atoms with van der Waals surface area (Å²) in [5, 5.41) is 5.11. The van der Waals surface area contributed by atoms with E-state index in [1.165, 1.54) is 7.11 Å². The molecule has 0 unspecified atom stereocenters. The van der Waals surface area contributed by atoms with Crippen LogP contribution in [-0.2, 0) is 9.59 Å². The van der Waals surface area contributed by atoms with Gasteiger partial charge in [0.05, 0.1) is 13.5 Å². The molecule has 2 aromatic rings. The average Bonchev–Trinajstić information content (AvgIpc) is 2.55. The van der Waals surface area contributed by atoms with E-state index >= 15 is 0 Å². The van der Waals surface area contributed by atoms with Crippen LogP contribution in [-0.4, -0.2) is 25.2 Å². The highest BCUT2D eigenvalue weighted by atomic mass is 16.5. The van der Waals surface area contributed by atoms with E-state index in [0.29, 0.717) is 29.1 Å². The van der Waals surface area contributed by atoms with Crippen LogP contribution in [0.3, 0.4) is 0 Å². The molecule has 0 aromatic heterocycles. The summed E-state index contributed by atoms with van der Waals surface area (Å²) in [5.41, 5.74) is 1.50. The Balaban J connectivity index is 1.96. The number of benzene rings is 2. The van der Waals surface area contributed by atoms with Gasteiger partial charge in [0.1, 0.15) is 5.75 Å². The summed E-state index contributed by atoms with van der Waals surface area (Å²) >= 11 is 0. The summed E-state index contributed by atoms with van der Waals surface area (Å²) in [6, 6.07) is 13.2. The highest BCUT2D eigenvalue weighted by molar-refractivity contribution is 6.11. The minimum absolute atomic E-state index is 0.266. The van der Waals surface area contributed by atoms with Crippen molar-refractivity contribution in [3.8, 4) is 5.75 Å². The molecule has 2 N–H and O–H groups in total. The maximum atomic E-state index is 12.1. The van der Waals surface area contributed by atoms with E-state index in [-0.39, 0.29) is 12.2 Å². The lowest BCUT2D eigenvalue weighted by molar-refractivity contribution is -0.115. The normalized spacial score (nSPS) is 9.78. The van der Waals surface area contributed by atoms with Crippen molar-refractivity contribution in [3.05, 3.63) is 54.1 Å². The minimum atomic E-state index is -0.422. The molecule has 0 aliphatic heterocycles. The zero-order chi connectivity index (χ0) is 16.7. The second-order valence-electron chi connectivity index (χ2n) is 4.72. The molecule has 2 aromatic carbocycles. The number of amides is 2. The highest BCUT2D eigenvalue weighted by Gasteiger charge is 2.12. The van der Waals surface area contributed by atoms with E-state index in [4.69, 9.17) is 4.74 Å². The fourth-order valence-corrected chi connectivity index (χ4v) is 1.98. The molecule has 0 aliphatic carbocycles. The third-order valence-corrected chi connectivity index (χ3v) is 3.11. The maximum absolute atomic E-state index is 12.1. The van der Waals surface area contributed by atoms with Gasteiger partial charge >= 0.3 is 0 Å². The molecule has 2 rings (SSSR count). The Morgan fingerprint density at radius 3 is 2.43 bits per heavy atom. The Hall–Kier alpha value is -3.15. The van der Waals surface area contributed by atoms with Crippen molar-refractivity contribution < 1.29 is 19.1 Å². The van der Waals surface area contributed by atoms with E-state index in [1.54, 1.807) is 48.5 Å². The van der Waals surface area contributed by atoms with E-state index < -0.39 is 5.91 Å². The largest absolute Gasteiger partial charge is 0.497 e. The highest BCUT2D eigenvalue weighted by Crippen LogP contribution is 2.16. The first-order chi connectivity index (χ1) is 11.1. The van der Waals surface area contributed by atoms with Gasteiger partial charge in [-0.05, 0) is 42.5 Å². The van der Waals surface area contributed by atoms with Gasteiger partial charge in [-0.25, -0.2) is 0 Å². The lowest BCUT2D eigenvalue weighted by atomic mass is 10.1. The van der Waals surface area contributed by atoms with Gasteiger partial charge in [-0.3, -0.25) is 14.4 Å². The number of hydrogen-bond donors (Lipinski definition) is 2. The number of ketones is 1. The quantitative estimate of drug-likeness (QED) is 0.467. The Morgan fingerprint density at radius 1 is 1.09 bits per heavy atom. The van der Waals surface area contributed by atoms with Crippen LogP contribution in [0.25, 0.3) is 0 Å². The van der Waals surface area contributed by atoms with E-state index in [0.717, 1.165) is 0 Å². The van der Waals surface area contributed by atoms with Crippen LogP contribution >= 0.6 is 0 Å². The third kappa shape index (κ3) is 4.67. The van der Waals surface area contributed by atoms with Crippen molar-refractivity contribution in [2.45, 2.75) is 6.42 Å². The van der Waals surface area contributed by atoms with Gasteiger partial charge in [0.15, 0.2) is 5.78 Å². The molecule has 0 atom stereocenters. The smallest absolute Gasteiger partial charge is 0.232 e. The number of rotatable bonds is 7. The van der Waals surface area contributed by atoms with Crippen molar-refractivity contribution in [2.75, 3.05) is 17.7 Å². The van der Waals surface area contributed by atoms with Gasteiger partial charge < -0.3 is 15.4 Å². The molecule has 118 valence electrons. The SMILES string of the molecule is COc1ccc(C(=O)CC(=O)Nc2cccc(NC=O)c2)cc1. The standard InChI is InChI=1S/C17H16N2O4/c1-23-15-7-5-12(6-8-15)16(21)10-17(22)19-14-4-2-3-13(9-14)18-11-20/h2-9,11H,10H2,1H3,(H,18,20)(H,19,22). The van der Waals surface area contributed by atoms with Crippen LogP contribution in [0.1, 0.15) is 16.8 Å². The number of hydrogen-bond acceptors (Lipinski definition) is 4. The molecule has 6 nitrogen and oxygen atoms in total. The Morgan fingerprint density at radius 2 is 1.78 bits per heavy atom. The number of carbonyl (C=O) groups is 3. The van der Waals surface area contributed by atoms with Gasteiger partial charge in [-0.1, -0.05) is 6.07 Å². The second-order valence-corrected chi connectivity index (χ2v) is 4.72. The zero-order valence-corrected chi connectivity index (χ0v) is 12.5. The molecule has 0 aliphatic rings. The van der Waals surface area contributed by atoms with Crippen LogP contribution in [0.2, 0.25) is 0 Å². The van der Waals surface area contributed by atoms with Crippen LogP contribution < -0.4 is 15.4 Å². The summed E-state index contributed by atoms with van der Waals surface area (Å²) in [4.78, 5) is 34.4. The lowest BCUT2D eigenvalue weighted by Gasteiger charge is -2.07. The lowest BCUT2D eigenvalue weighted by Crippen LogP contribution is -2.16. The molecule has 0 saturated heterocycles. The van der Waals surface area contributed by atoms with Gasteiger partial charge in [-0.15, -0.1) is 0 Å². The molecule has 0 heterocycles. The summed E-state index contributed by atoms with van der Waals surface area (Å²) in [5.74, 6) is -0.0631. The number of Topliss-reactive ketones (excluding diaryl/α,β-unsaturated/α-hetero) is 1. The van der Waals surface area contributed by atoms with Crippen molar-refractivity contribution in [3.63, 3.8) is 0 Å². The van der Waals surface area contributed by atoms with Crippen molar-refractivity contribution in [2.24, 2.45) is 0 Å². The van der Waals surface area contributed by atoms with Crippen LogP contribution in [0.5, 0.6) is 5.75 Å². The molecule has 0 saturated carbocycles. The maximum Gasteiger partial charge on any atom is 0.232 e. The average molecular weight is 312 g/mol. The second kappa shape index (κ2) is 7.74. The summed E-state index contributed by atoms with van der Waals surface area (Å²) in [7, 11) is 1.54. The predicted molar refractivity (Wildman–Crippen MR) is 86.7 cm³/mol. The number of methoxy groups -OCH3 is 1. The molecule has 2 amide bonds. The van der Waals surface area contributed by atoms with E-state index in [1.807, 2.05) is 0 Å². The number of anilines is 2. The fourth-order valence-electron chi connectivity index (χ4n) is 1.98. The third-order valence-electron chi connectivity index (χ3n) is 3.11. The van der Waals surface area contributed by atoms with Crippen LogP contribution in [0, 0.1) is 0 Å². The summed E-state index contributed by atoms with van der Waals surface area (Å²) in [6.07, 6.45) is 0.284. The Bertz CT molecular complexity index is 711. The summed E-state index contributed by atoms with van der Waals surface area (Å²) < 4.78 is 5.02. The molecular weight excluding hydrogens is 296 g/mol. The van der Waals surface area contributed by atoms with Crippen molar-refractivity contribution in [1.82, 2.24) is 0 Å². The van der Waals surface area contributed by atoms with Crippen molar-refractivity contribution in [1.29, 1.82) is 0 Å². The number of carbonyl (C=O) groups excluding carboxylic acids is 3. The molecule has 0 bridgehead atoms. The fraction of sp³-hybridized carbons (Fsp3) is 0.118. The van der Waals surface area contributed by atoms with Gasteiger partial charge in [0, 0.05) is 16.9 Å². The molecule has 6 heteroatoms. The number of ether oxygens (including phenoxy) is 1. The molecular formula is C17H16N2O4. The number of nitrogens with one attached hydrogen (secondary N) is 2. The van der Waals surface area contributed by atoms with Gasteiger partial charge in [-0.2, -0.15) is 0 Å². The minimum Gasteiger partial charge on any atom is -0.497 e. The van der Waals surface area contributed by atoms with Crippen LogP contribution in [0.15, 0.2) is 48.5 Å². The zero-order valence-electron chi connectivity index (χ0n) is 12.5. The first-order valence-electron chi connectivity index (χ1n) is 6.89. The molecule has 0 spiro atoms. The van der Waals surface area contributed by atoms with E-state index in [2.05, 4.69) is 10.6 Å². The van der Waals surface area contributed by atoms with Crippen LogP contribution in [0.4, 0.5) is 11.4 Å². The molecule has 0 radical (unpaired) electrons. The Kier molecular flexibility index (Phi) is 5.46. The first kappa shape index (κ1) is 16.2. The van der Waals surface area contributed by atoms with Gasteiger partial charge in [0.2, 0.25) is 12.3 Å². The topological polar surface area (TPSA) is 84.5 Å². The van der Waals surface area contributed by atoms with E-state index in [9.17, 15) is 14.4 Å². The monoisotopic (exact) mass is 312 g/mol.